The quantitative estimate of drug-likeness (QED) is 0.666. The number of nitrogens with two attached hydrogens (primary N) is 1. The van der Waals surface area contributed by atoms with E-state index in [-0.39, 0.29) is 11.9 Å². The minimum absolute atomic E-state index is 0.190. The van der Waals surface area contributed by atoms with E-state index in [0.29, 0.717) is 24.8 Å². The zero-order chi connectivity index (χ0) is 9.84. The average Bonchev–Trinajstić information content (AvgIpc) is 2.86. The first-order valence-corrected chi connectivity index (χ1v) is 5.13. The zero-order valence-electron chi connectivity index (χ0n) is 8.55. The predicted octanol–water partition coefficient (Wildman–Crippen LogP) is 0.886. The molecular formula is C10H20N2O. The molecule has 0 heterocycles. The summed E-state index contributed by atoms with van der Waals surface area (Å²) in [4.78, 5) is 11.4. The van der Waals surface area contributed by atoms with Crippen molar-refractivity contribution in [3.63, 3.8) is 0 Å². The number of hydrogen-bond donors (Lipinski definition) is 2. The van der Waals surface area contributed by atoms with Gasteiger partial charge in [-0.3, -0.25) is 4.79 Å². The Morgan fingerprint density at radius 3 is 2.62 bits per heavy atom. The zero-order valence-corrected chi connectivity index (χ0v) is 8.55. The highest BCUT2D eigenvalue weighted by Gasteiger charge is 2.25. The summed E-state index contributed by atoms with van der Waals surface area (Å²) in [5, 5.41) is 2.98. The summed E-state index contributed by atoms with van der Waals surface area (Å²) >= 11 is 0. The molecule has 0 aliphatic heterocycles. The Morgan fingerprint density at radius 1 is 1.54 bits per heavy atom. The minimum Gasteiger partial charge on any atom is -0.353 e. The van der Waals surface area contributed by atoms with E-state index in [0.717, 1.165) is 0 Å². The van der Waals surface area contributed by atoms with Gasteiger partial charge in [0.2, 0.25) is 5.91 Å². The van der Waals surface area contributed by atoms with Crippen molar-refractivity contribution in [2.24, 2.45) is 17.6 Å². The van der Waals surface area contributed by atoms with Gasteiger partial charge in [-0.1, -0.05) is 6.92 Å². The lowest BCUT2D eigenvalue weighted by molar-refractivity contribution is -0.122. The first kappa shape index (κ1) is 10.5. The Bertz CT molecular complexity index is 178. The lowest BCUT2D eigenvalue weighted by Gasteiger charge is -2.19. The Morgan fingerprint density at radius 2 is 2.15 bits per heavy atom. The van der Waals surface area contributed by atoms with E-state index in [1.807, 2.05) is 6.92 Å². The summed E-state index contributed by atoms with van der Waals surface area (Å²) < 4.78 is 0. The van der Waals surface area contributed by atoms with Crippen LogP contribution >= 0.6 is 0 Å². The highest BCUT2D eigenvalue weighted by molar-refractivity contribution is 5.76. The molecule has 1 rings (SSSR count). The van der Waals surface area contributed by atoms with Crippen LogP contribution in [0.5, 0.6) is 0 Å². The Hall–Kier alpha value is -0.570. The van der Waals surface area contributed by atoms with Crippen molar-refractivity contribution < 1.29 is 4.79 Å². The van der Waals surface area contributed by atoms with Crippen molar-refractivity contribution in [3.8, 4) is 0 Å². The van der Waals surface area contributed by atoms with Crippen molar-refractivity contribution in [1.29, 1.82) is 0 Å². The van der Waals surface area contributed by atoms with Crippen molar-refractivity contribution in [1.82, 2.24) is 5.32 Å². The fourth-order valence-electron chi connectivity index (χ4n) is 1.24. The fourth-order valence-corrected chi connectivity index (χ4v) is 1.24. The molecule has 0 spiro atoms. The molecule has 2 unspecified atom stereocenters. The molecule has 0 radical (unpaired) electrons. The standard InChI is InChI=1S/C10H20N2O/c1-7(6-11)8(2)12-10(13)5-9-3-4-9/h7-9H,3-6,11H2,1-2H3,(H,12,13). The molecule has 2 atom stereocenters. The number of carbonyl (C=O) groups excluding carboxylic acids is 1. The third kappa shape index (κ3) is 3.77. The van der Waals surface area contributed by atoms with Gasteiger partial charge in [0.1, 0.15) is 0 Å². The van der Waals surface area contributed by atoms with Crippen LogP contribution in [0.3, 0.4) is 0 Å². The maximum atomic E-state index is 11.4. The smallest absolute Gasteiger partial charge is 0.220 e. The van der Waals surface area contributed by atoms with Crippen LogP contribution in [0.2, 0.25) is 0 Å². The topological polar surface area (TPSA) is 55.1 Å². The van der Waals surface area contributed by atoms with E-state index in [9.17, 15) is 4.79 Å². The summed E-state index contributed by atoms with van der Waals surface area (Å²) in [6.45, 7) is 4.70. The predicted molar refractivity (Wildman–Crippen MR) is 53.2 cm³/mol. The molecule has 13 heavy (non-hydrogen) atoms. The van der Waals surface area contributed by atoms with E-state index in [1.54, 1.807) is 0 Å². The molecule has 3 nitrogen and oxygen atoms in total. The fraction of sp³-hybridized carbons (Fsp3) is 0.900. The average molecular weight is 184 g/mol. The van der Waals surface area contributed by atoms with Crippen LogP contribution in [0.1, 0.15) is 33.1 Å². The van der Waals surface area contributed by atoms with E-state index < -0.39 is 0 Å². The van der Waals surface area contributed by atoms with Crippen LogP contribution in [0.4, 0.5) is 0 Å². The Balaban J connectivity index is 2.17. The second-order valence-electron chi connectivity index (χ2n) is 4.22. The lowest BCUT2D eigenvalue weighted by atomic mass is 10.0. The number of carbonyl (C=O) groups is 1. The second kappa shape index (κ2) is 4.61. The summed E-state index contributed by atoms with van der Waals surface area (Å²) in [6, 6.07) is 0.205. The van der Waals surface area contributed by atoms with Crippen LogP contribution in [0.25, 0.3) is 0 Å². The van der Waals surface area contributed by atoms with Crippen molar-refractivity contribution in [2.45, 2.75) is 39.2 Å². The SMILES string of the molecule is CC(CN)C(C)NC(=O)CC1CC1. The van der Waals surface area contributed by atoms with E-state index in [4.69, 9.17) is 5.73 Å². The molecule has 3 heteroatoms. The van der Waals surface area contributed by atoms with Crippen LogP contribution < -0.4 is 11.1 Å². The van der Waals surface area contributed by atoms with Crippen LogP contribution in [-0.2, 0) is 4.79 Å². The molecule has 0 aromatic rings. The largest absolute Gasteiger partial charge is 0.353 e. The molecule has 1 aliphatic rings. The second-order valence-corrected chi connectivity index (χ2v) is 4.22. The van der Waals surface area contributed by atoms with E-state index >= 15 is 0 Å². The summed E-state index contributed by atoms with van der Waals surface area (Å²) in [6.07, 6.45) is 3.17. The van der Waals surface area contributed by atoms with Crippen LogP contribution in [0, 0.1) is 11.8 Å². The molecule has 76 valence electrons. The Labute approximate surface area is 80.1 Å². The van der Waals surface area contributed by atoms with E-state index in [2.05, 4.69) is 12.2 Å². The maximum absolute atomic E-state index is 11.4. The highest BCUT2D eigenvalue weighted by Crippen LogP contribution is 2.32. The summed E-state index contributed by atoms with van der Waals surface area (Å²) in [5.74, 6) is 1.22. The monoisotopic (exact) mass is 184 g/mol. The molecule has 1 saturated carbocycles. The van der Waals surface area contributed by atoms with Crippen LogP contribution in [-0.4, -0.2) is 18.5 Å². The van der Waals surface area contributed by atoms with Crippen LogP contribution in [0.15, 0.2) is 0 Å². The first-order chi connectivity index (χ1) is 6.13. The molecule has 1 amide bonds. The van der Waals surface area contributed by atoms with Gasteiger partial charge in [-0.15, -0.1) is 0 Å². The minimum atomic E-state index is 0.190. The highest BCUT2D eigenvalue weighted by atomic mass is 16.1. The number of nitrogens with one attached hydrogen (secondary N) is 1. The Kier molecular flexibility index (Phi) is 3.72. The number of rotatable bonds is 5. The molecule has 0 aromatic heterocycles. The molecular weight excluding hydrogens is 164 g/mol. The van der Waals surface area contributed by atoms with Crippen molar-refractivity contribution >= 4 is 5.91 Å². The van der Waals surface area contributed by atoms with E-state index in [1.165, 1.54) is 12.8 Å². The molecule has 0 bridgehead atoms. The van der Waals surface area contributed by atoms with Gasteiger partial charge in [-0.2, -0.15) is 0 Å². The lowest BCUT2D eigenvalue weighted by Crippen LogP contribution is -2.39. The van der Waals surface area contributed by atoms with Gasteiger partial charge in [0.15, 0.2) is 0 Å². The van der Waals surface area contributed by atoms with Crippen molar-refractivity contribution in [2.75, 3.05) is 6.54 Å². The van der Waals surface area contributed by atoms with Gasteiger partial charge >= 0.3 is 0 Å². The van der Waals surface area contributed by atoms with Gasteiger partial charge in [-0.25, -0.2) is 0 Å². The molecule has 1 aliphatic carbocycles. The van der Waals surface area contributed by atoms with Gasteiger partial charge < -0.3 is 11.1 Å². The van der Waals surface area contributed by atoms with Gasteiger partial charge in [0.25, 0.3) is 0 Å². The van der Waals surface area contributed by atoms with Gasteiger partial charge in [0, 0.05) is 12.5 Å². The molecule has 0 aromatic carbocycles. The molecule has 0 saturated heterocycles. The molecule has 1 fully saturated rings. The number of amides is 1. The van der Waals surface area contributed by atoms with Crippen molar-refractivity contribution in [3.05, 3.63) is 0 Å². The summed E-state index contributed by atoms with van der Waals surface area (Å²) in [7, 11) is 0. The van der Waals surface area contributed by atoms with Gasteiger partial charge in [0.05, 0.1) is 0 Å². The summed E-state index contributed by atoms with van der Waals surface area (Å²) in [5.41, 5.74) is 5.51. The van der Waals surface area contributed by atoms with Gasteiger partial charge in [-0.05, 0) is 38.1 Å². The third-order valence-corrected chi connectivity index (χ3v) is 2.78. The normalized spacial score (nSPS) is 20.8. The molecule has 3 N–H and O–H groups in total. The number of hydrogen-bond acceptors (Lipinski definition) is 2. The maximum Gasteiger partial charge on any atom is 0.220 e. The third-order valence-electron chi connectivity index (χ3n) is 2.78. The first-order valence-electron chi connectivity index (χ1n) is 5.13.